The van der Waals surface area contributed by atoms with Crippen LogP contribution in [0.3, 0.4) is 0 Å². The van der Waals surface area contributed by atoms with Gasteiger partial charge < -0.3 is 24.8 Å². The van der Waals surface area contributed by atoms with Crippen molar-refractivity contribution in [2.75, 3.05) is 25.6 Å². The third-order valence-corrected chi connectivity index (χ3v) is 6.57. The number of aromatic nitrogens is 5. The zero-order chi connectivity index (χ0) is 27.5. The molecule has 0 saturated carbocycles. The molecule has 4 aromatic rings. The van der Waals surface area contributed by atoms with Crippen molar-refractivity contribution in [2.24, 2.45) is 7.05 Å². The molecular weight excluding hydrogens is 498 g/mol. The highest BCUT2D eigenvalue weighted by atomic mass is 16.5. The lowest BCUT2D eigenvalue weighted by atomic mass is 10.1. The van der Waals surface area contributed by atoms with E-state index in [0.717, 1.165) is 53.7 Å². The van der Waals surface area contributed by atoms with E-state index in [0.29, 0.717) is 23.3 Å². The minimum Gasteiger partial charge on any atom is -0.493 e. The third kappa shape index (κ3) is 5.83. The van der Waals surface area contributed by atoms with E-state index in [9.17, 15) is 4.79 Å². The summed E-state index contributed by atoms with van der Waals surface area (Å²) in [6.45, 7) is 6.49. The highest BCUT2D eigenvalue weighted by Gasteiger charge is 2.20. The maximum atomic E-state index is 12.0. The summed E-state index contributed by atoms with van der Waals surface area (Å²) >= 11 is 0. The summed E-state index contributed by atoms with van der Waals surface area (Å²) in [7, 11) is 3.39. The van der Waals surface area contributed by atoms with E-state index in [1.807, 2.05) is 44.6 Å². The van der Waals surface area contributed by atoms with Crippen LogP contribution in [-0.2, 0) is 16.6 Å². The van der Waals surface area contributed by atoms with Crippen LogP contribution in [0.4, 0.5) is 11.6 Å². The smallest absolute Gasteiger partial charge is 0.258 e. The van der Waals surface area contributed by atoms with Crippen molar-refractivity contribution >= 4 is 28.4 Å². The standard InChI is InChI=1S/C28H35N7O4/c1-17(2)29-25(36)16-39-23-12-9-19(14-24(23)37-5)27-31-28(34(4)33-27)30-20-10-11-22-21(15-20)18(3)32-35(22)26-8-6-7-13-38-26/h9-12,14-15,17,26H,6-8,13,16H2,1-5H3,(H,29,36)(H,30,31,33). The zero-order valence-electron chi connectivity index (χ0n) is 23.0. The van der Waals surface area contributed by atoms with Gasteiger partial charge >= 0.3 is 0 Å². The SMILES string of the molecule is COc1cc(-c2nc(Nc3ccc4c(c3)c(C)nn4C3CCCCO3)n(C)n2)ccc1OCC(=O)NC(C)C. The topological polar surface area (TPSA) is 117 Å². The van der Waals surface area contributed by atoms with Crippen molar-refractivity contribution in [1.82, 2.24) is 29.9 Å². The lowest BCUT2D eigenvalue weighted by molar-refractivity contribution is -0.123. The number of amides is 1. The Hall–Kier alpha value is -4.12. The largest absolute Gasteiger partial charge is 0.493 e. The van der Waals surface area contributed by atoms with Crippen LogP contribution in [-0.4, -0.2) is 56.8 Å². The van der Waals surface area contributed by atoms with Crippen LogP contribution in [0, 0.1) is 6.92 Å². The molecule has 0 bridgehead atoms. The number of carbonyl (C=O) groups is 1. The number of ether oxygens (including phenoxy) is 3. The highest BCUT2D eigenvalue weighted by molar-refractivity contribution is 5.86. The molecule has 1 saturated heterocycles. The average molecular weight is 534 g/mol. The second-order valence-corrected chi connectivity index (χ2v) is 9.97. The van der Waals surface area contributed by atoms with Crippen LogP contribution in [0.5, 0.6) is 11.5 Å². The molecule has 1 aliphatic heterocycles. The lowest BCUT2D eigenvalue weighted by Gasteiger charge is -2.23. The number of rotatable bonds is 9. The molecule has 1 atom stereocenters. The molecule has 1 fully saturated rings. The molecule has 0 aliphatic carbocycles. The summed E-state index contributed by atoms with van der Waals surface area (Å²) in [4.78, 5) is 16.7. The number of carbonyl (C=O) groups excluding carboxylic acids is 1. The summed E-state index contributed by atoms with van der Waals surface area (Å²) in [5.41, 5.74) is 3.66. The predicted molar refractivity (Wildman–Crippen MR) is 148 cm³/mol. The van der Waals surface area contributed by atoms with Crippen LogP contribution < -0.4 is 20.1 Å². The summed E-state index contributed by atoms with van der Waals surface area (Å²) in [6, 6.07) is 11.6. The average Bonchev–Trinajstić information content (AvgIpc) is 3.46. The minimum atomic E-state index is -0.193. The Morgan fingerprint density at radius 1 is 1.15 bits per heavy atom. The van der Waals surface area contributed by atoms with Gasteiger partial charge in [0.2, 0.25) is 5.95 Å². The van der Waals surface area contributed by atoms with Gasteiger partial charge in [0, 0.05) is 36.3 Å². The second kappa shape index (κ2) is 11.3. The molecule has 11 heteroatoms. The molecule has 39 heavy (non-hydrogen) atoms. The van der Waals surface area contributed by atoms with Crippen LogP contribution in [0.2, 0.25) is 0 Å². The first-order chi connectivity index (χ1) is 18.8. The van der Waals surface area contributed by atoms with Gasteiger partial charge in [0.05, 0.1) is 18.3 Å². The van der Waals surface area contributed by atoms with Crippen LogP contribution in [0.15, 0.2) is 36.4 Å². The van der Waals surface area contributed by atoms with Gasteiger partial charge in [0.15, 0.2) is 30.2 Å². The quantitative estimate of drug-likeness (QED) is 0.323. The molecular formula is C28H35N7O4. The summed E-state index contributed by atoms with van der Waals surface area (Å²) in [5.74, 6) is 1.89. The van der Waals surface area contributed by atoms with E-state index in [1.54, 1.807) is 23.9 Å². The minimum absolute atomic E-state index is 0.0129. The van der Waals surface area contributed by atoms with E-state index in [-0.39, 0.29) is 24.8 Å². The number of nitrogens with one attached hydrogen (secondary N) is 2. The summed E-state index contributed by atoms with van der Waals surface area (Å²) in [5, 5.41) is 16.6. The van der Waals surface area contributed by atoms with Gasteiger partial charge in [-0.15, -0.1) is 5.10 Å². The van der Waals surface area contributed by atoms with Gasteiger partial charge in [-0.3, -0.25) is 4.79 Å². The molecule has 0 radical (unpaired) electrons. The third-order valence-electron chi connectivity index (χ3n) is 6.57. The molecule has 0 spiro atoms. The summed E-state index contributed by atoms with van der Waals surface area (Å²) in [6.07, 6.45) is 3.21. The fraction of sp³-hybridized carbons (Fsp3) is 0.429. The number of anilines is 2. The van der Waals surface area contributed by atoms with Gasteiger partial charge in [0.25, 0.3) is 5.91 Å². The molecule has 1 aliphatic rings. The Balaban J connectivity index is 1.33. The first-order valence-corrected chi connectivity index (χ1v) is 13.2. The van der Waals surface area contributed by atoms with E-state index < -0.39 is 0 Å². The van der Waals surface area contributed by atoms with E-state index in [4.69, 9.17) is 24.3 Å². The van der Waals surface area contributed by atoms with Gasteiger partial charge in [-0.05, 0) is 76.4 Å². The lowest BCUT2D eigenvalue weighted by Crippen LogP contribution is -2.34. The molecule has 2 aromatic carbocycles. The van der Waals surface area contributed by atoms with Crippen LogP contribution in [0.1, 0.15) is 45.0 Å². The fourth-order valence-electron chi connectivity index (χ4n) is 4.69. The second-order valence-electron chi connectivity index (χ2n) is 9.97. The fourth-order valence-corrected chi connectivity index (χ4v) is 4.69. The maximum Gasteiger partial charge on any atom is 0.258 e. The number of hydrogen-bond acceptors (Lipinski definition) is 8. The number of fused-ring (bicyclic) bond motifs is 1. The highest BCUT2D eigenvalue weighted by Crippen LogP contribution is 2.33. The number of benzene rings is 2. The molecule has 2 N–H and O–H groups in total. The molecule has 5 rings (SSSR count). The van der Waals surface area contributed by atoms with E-state index in [2.05, 4.69) is 27.9 Å². The Bertz CT molecular complexity index is 1470. The Morgan fingerprint density at radius 3 is 2.74 bits per heavy atom. The van der Waals surface area contributed by atoms with Gasteiger partial charge in [-0.1, -0.05) is 0 Å². The monoisotopic (exact) mass is 533 g/mol. The molecule has 3 heterocycles. The van der Waals surface area contributed by atoms with Crippen LogP contribution >= 0.6 is 0 Å². The number of nitrogens with zero attached hydrogens (tertiary/aromatic N) is 5. The number of hydrogen-bond donors (Lipinski definition) is 2. The van der Waals surface area contributed by atoms with E-state index >= 15 is 0 Å². The first kappa shape index (κ1) is 26.5. The Kier molecular flexibility index (Phi) is 7.69. The van der Waals surface area contributed by atoms with Crippen molar-refractivity contribution in [1.29, 1.82) is 0 Å². The summed E-state index contributed by atoms with van der Waals surface area (Å²) < 4.78 is 20.8. The van der Waals surface area contributed by atoms with Gasteiger partial charge in [-0.25, -0.2) is 9.36 Å². The number of aryl methyl sites for hydroxylation is 2. The first-order valence-electron chi connectivity index (χ1n) is 13.2. The van der Waals surface area contributed by atoms with Crippen molar-refractivity contribution < 1.29 is 19.0 Å². The van der Waals surface area contributed by atoms with Crippen molar-refractivity contribution in [3.8, 4) is 22.9 Å². The molecule has 2 aromatic heterocycles. The Morgan fingerprint density at radius 2 is 2.00 bits per heavy atom. The van der Waals surface area contributed by atoms with Gasteiger partial charge in [-0.2, -0.15) is 10.1 Å². The van der Waals surface area contributed by atoms with Gasteiger partial charge in [0.1, 0.15) is 0 Å². The molecule has 1 unspecified atom stereocenters. The van der Waals surface area contributed by atoms with Crippen molar-refractivity contribution in [2.45, 2.75) is 52.3 Å². The molecule has 206 valence electrons. The Labute approximate surface area is 227 Å². The predicted octanol–water partition coefficient (Wildman–Crippen LogP) is 4.49. The maximum absolute atomic E-state index is 12.0. The van der Waals surface area contributed by atoms with Crippen LogP contribution in [0.25, 0.3) is 22.3 Å². The normalized spacial score (nSPS) is 15.5. The molecule has 1 amide bonds. The number of methoxy groups -OCH3 is 1. The van der Waals surface area contributed by atoms with Crippen molar-refractivity contribution in [3.05, 3.63) is 42.1 Å². The van der Waals surface area contributed by atoms with Crippen molar-refractivity contribution in [3.63, 3.8) is 0 Å². The molecule has 11 nitrogen and oxygen atoms in total. The zero-order valence-corrected chi connectivity index (χ0v) is 23.0. The van der Waals surface area contributed by atoms with E-state index in [1.165, 1.54) is 0 Å².